The van der Waals surface area contributed by atoms with Crippen molar-refractivity contribution >= 4 is 12.6 Å². The molecule has 0 atom stereocenters. The molecule has 0 N–H and O–H groups in total. The van der Waals surface area contributed by atoms with Crippen LogP contribution in [-0.4, -0.2) is 19.1 Å². The molecule has 0 heterocycles. The molecule has 0 saturated carbocycles. The zero-order chi connectivity index (χ0) is 8.24. The van der Waals surface area contributed by atoms with Gasteiger partial charge in [0.2, 0.25) is 0 Å². The van der Waals surface area contributed by atoms with E-state index in [1.54, 1.807) is 0 Å². The van der Waals surface area contributed by atoms with Crippen LogP contribution in [0.25, 0.3) is 0 Å². The molecule has 0 fully saturated rings. The minimum atomic E-state index is -0.233. The maximum Gasteiger partial charge on any atom is 0.0902 e. The quantitative estimate of drug-likeness (QED) is 0.613. The van der Waals surface area contributed by atoms with Crippen LogP contribution in [0, 0.1) is 0 Å². The third-order valence-corrected chi connectivity index (χ3v) is 1.10. The summed E-state index contributed by atoms with van der Waals surface area (Å²) < 4.78 is 21.9. The fourth-order valence-electron chi connectivity index (χ4n) is 0.193. The van der Waals surface area contributed by atoms with E-state index in [9.17, 15) is 8.78 Å². The third kappa shape index (κ3) is 24.1. The molecule has 0 bridgehead atoms. The van der Waals surface area contributed by atoms with E-state index < -0.39 is 0 Å². The van der Waals surface area contributed by atoms with Gasteiger partial charge < -0.3 is 0 Å². The number of unbranched alkanes of at least 4 members (excludes halogenated alkanes) is 1. The first kappa shape index (κ1) is 12.8. The average molecular weight is 168 g/mol. The summed E-state index contributed by atoms with van der Waals surface area (Å²) in [5, 5.41) is 0. The summed E-state index contributed by atoms with van der Waals surface area (Å²) in [4.78, 5) is 0. The Morgan fingerprint density at radius 3 is 1.60 bits per heavy atom. The average Bonchev–Trinajstić information content (AvgIpc) is 1.93. The van der Waals surface area contributed by atoms with Crippen molar-refractivity contribution in [3.8, 4) is 0 Å². The Balaban J connectivity index is 0. The van der Waals surface area contributed by atoms with Gasteiger partial charge in [0.25, 0.3) is 0 Å². The molecule has 0 aliphatic rings. The van der Waals surface area contributed by atoms with Gasteiger partial charge in [0.05, 0.1) is 13.3 Å². The van der Waals surface area contributed by atoms with Gasteiger partial charge in [-0.15, -0.1) is 0 Å². The molecule has 0 radical (unpaired) electrons. The van der Waals surface area contributed by atoms with E-state index >= 15 is 0 Å². The Kier molecular flexibility index (Phi) is 20.7. The smallest absolute Gasteiger partial charge is 0.0902 e. The molecule has 0 saturated heterocycles. The van der Waals surface area contributed by atoms with Crippen molar-refractivity contribution < 1.29 is 8.78 Å². The Hall–Kier alpha value is 0.210. The van der Waals surface area contributed by atoms with Crippen LogP contribution in [0.4, 0.5) is 8.78 Å². The molecule has 0 amide bonds. The third-order valence-electron chi connectivity index (χ3n) is 0.779. The van der Waals surface area contributed by atoms with Crippen molar-refractivity contribution in [2.45, 2.75) is 26.2 Å². The van der Waals surface area contributed by atoms with E-state index in [4.69, 9.17) is 0 Å². The van der Waals surface area contributed by atoms with Gasteiger partial charge >= 0.3 is 0 Å². The Labute approximate surface area is 67.4 Å². The summed E-state index contributed by atoms with van der Waals surface area (Å²) in [6, 6.07) is 0. The summed E-state index contributed by atoms with van der Waals surface area (Å²) in [6.45, 7) is 1.58. The Morgan fingerprint density at radius 1 is 1.10 bits per heavy atom. The van der Waals surface area contributed by atoms with Gasteiger partial charge in [-0.25, -0.2) is 0 Å². The first-order valence-corrected chi connectivity index (χ1v) is 4.19. The van der Waals surface area contributed by atoms with Crippen LogP contribution in [0.5, 0.6) is 0 Å². The maximum atomic E-state index is 11.0. The van der Waals surface area contributed by atoms with Gasteiger partial charge in [-0.3, -0.25) is 8.78 Å². The van der Waals surface area contributed by atoms with Gasteiger partial charge in [0, 0.05) is 0 Å². The first-order chi connectivity index (χ1) is 4.83. The van der Waals surface area contributed by atoms with Crippen molar-refractivity contribution in [1.82, 2.24) is 0 Å². The summed E-state index contributed by atoms with van der Waals surface area (Å²) in [7, 11) is 0. The summed E-state index contributed by atoms with van der Waals surface area (Å²) in [5.41, 5.74) is 0. The first-order valence-electron chi connectivity index (χ1n) is 3.56. The van der Waals surface area contributed by atoms with Crippen LogP contribution in [-0.2, 0) is 0 Å². The number of alkyl halides is 2. The lowest BCUT2D eigenvalue weighted by Gasteiger charge is -1.76. The molecule has 0 rings (SSSR count). The highest BCUT2D eigenvalue weighted by atomic mass is 32.1. The van der Waals surface area contributed by atoms with Crippen LogP contribution >= 0.6 is 12.6 Å². The monoisotopic (exact) mass is 168 g/mol. The molecule has 0 aromatic carbocycles. The van der Waals surface area contributed by atoms with Crippen molar-refractivity contribution in [2.75, 3.05) is 19.1 Å². The fourth-order valence-corrected chi connectivity index (χ4v) is 0.313. The molecule has 0 nitrogen and oxygen atoms in total. The Bertz CT molecular complexity index is 32.6. The molecule has 0 aliphatic heterocycles. The molecule has 0 aromatic rings. The highest BCUT2D eigenvalue weighted by Crippen LogP contribution is 1.83. The summed E-state index contributed by atoms with van der Waals surface area (Å²) in [6.07, 6.45) is 2.28. The number of halogens is 2. The zero-order valence-corrected chi connectivity index (χ0v) is 7.34. The molecule has 3 heteroatoms. The number of rotatable bonds is 4. The molecule has 0 aromatic heterocycles. The normalized spacial score (nSPS) is 8.40. The van der Waals surface area contributed by atoms with E-state index in [0.29, 0.717) is 12.2 Å². The van der Waals surface area contributed by atoms with Crippen LogP contribution < -0.4 is 0 Å². The largest absolute Gasteiger partial charge is 0.251 e. The standard InChI is InChI=1S/C4H9F.C3H7FS/c1-2-3-4-5;4-2-1-3-5/h2-4H2,1H3;5H,1-3H2/i5-1;4-1. The van der Waals surface area contributed by atoms with Crippen molar-refractivity contribution in [2.24, 2.45) is 0 Å². The molecular weight excluding hydrogens is 152 g/mol. The lowest BCUT2D eigenvalue weighted by molar-refractivity contribution is 0.469. The Morgan fingerprint density at radius 2 is 1.60 bits per heavy atom. The van der Waals surface area contributed by atoms with Crippen LogP contribution in [0.15, 0.2) is 0 Å². The molecule has 0 aliphatic carbocycles. The van der Waals surface area contributed by atoms with Gasteiger partial charge in [0.15, 0.2) is 0 Å². The zero-order valence-electron chi connectivity index (χ0n) is 6.45. The van der Waals surface area contributed by atoms with Crippen molar-refractivity contribution in [3.05, 3.63) is 0 Å². The van der Waals surface area contributed by atoms with E-state index in [2.05, 4.69) is 12.6 Å². The van der Waals surface area contributed by atoms with Crippen LogP contribution in [0.3, 0.4) is 0 Å². The lowest BCUT2D eigenvalue weighted by atomic mass is 10.4. The highest BCUT2D eigenvalue weighted by Gasteiger charge is 1.72. The van der Waals surface area contributed by atoms with Crippen molar-refractivity contribution in [1.29, 1.82) is 0 Å². The number of thiol groups is 1. The topological polar surface area (TPSA) is 0 Å². The van der Waals surface area contributed by atoms with Crippen LogP contribution in [0.1, 0.15) is 26.2 Å². The minimum absolute atomic E-state index is 0.156. The SMILES string of the molecule is CCCC[18F].[18F]CCCS. The maximum absolute atomic E-state index is 11.0. The fraction of sp³-hybridized carbons (Fsp3) is 1.00. The predicted octanol–water partition coefficient (Wildman–Crippen LogP) is 3.03. The number of hydrogen-bond acceptors (Lipinski definition) is 1. The van der Waals surface area contributed by atoms with Gasteiger partial charge in [-0.1, -0.05) is 13.3 Å². The lowest BCUT2D eigenvalue weighted by Crippen LogP contribution is -1.72. The van der Waals surface area contributed by atoms with E-state index in [0.717, 1.165) is 12.8 Å². The van der Waals surface area contributed by atoms with Gasteiger partial charge in [-0.2, -0.15) is 12.6 Å². The molecule has 0 spiro atoms. The van der Waals surface area contributed by atoms with E-state index in [1.807, 2.05) is 6.92 Å². The second-order valence-corrected chi connectivity index (χ2v) is 2.26. The van der Waals surface area contributed by atoms with Gasteiger partial charge in [0.1, 0.15) is 0 Å². The highest BCUT2D eigenvalue weighted by molar-refractivity contribution is 7.80. The molecule has 10 heavy (non-hydrogen) atoms. The number of hydrogen-bond donors (Lipinski definition) is 1. The van der Waals surface area contributed by atoms with Crippen molar-refractivity contribution in [3.63, 3.8) is 0 Å². The molecule has 0 unspecified atom stereocenters. The summed E-state index contributed by atoms with van der Waals surface area (Å²) in [5.74, 6) is 0.663. The second-order valence-electron chi connectivity index (χ2n) is 1.81. The molecule has 64 valence electrons. The minimum Gasteiger partial charge on any atom is -0.251 e. The van der Waals surface area contributed by atoms with Gasteiger partial charge in [-0.05, 0) is 18.6 Å². The van der Waals surface area contributed by atoms with Crippen LogP contribution in [0.2, 0.25) is 0 Å². The van der Waals surface area contributed by atoms with E-state index in [-0.39, 0.29) is 13.3 Å². The predicted molar refractivity (Wildman–Crippen MR) is 45.3 cm³/mol. The second kappa shape index (κ2) is 16.1. The molecular formula is C7H16F2S. The summed E-state index contributed by atoms with van der Waals surface area (Å²) >= 11 is 3.76. The van der Waals surface area contributed by atoms with E-state index in [1.165, 1.54) is 0 Å².